The standard InChI is InChI=1S/C24H31FN8O2/c1-13-6-15(10-31(9-13)19-11-32(29-14(19)2)24(3,4)12-34)21-28-22-16-7-17(25)20(35-5)8-18(16)27-23(26)33(22)30-21/h7-8,11,13,15,34H,6,9-10,12H2,1-5H3,(H2,26,27)/t13-,15+/m1/s1. The van der Waals surface area contributed by atoms with Crippen molar-refractivity contribution in [2.45, 2.75) is 45.6 Å². The van der Waals surface area contributed by atoms with E-state index < -0.39 is 11.4 Å². The first kappa shape index (κ1) is 23.3. The summed E-state index contributed by atoms with van der Waals surface area (Å²) in [5.41, 5.74) is 8.62. The van der Waals surface area contributed by atoms with Gasteiger partial charge in [-0.15, -0.1) is 5.10 Å². The van der Waals surface area contributed by atoms with Gasteiger partial charge in [0.1, 0.15) is 0 Å². The Morgan fingerprint density at radius 1 is 1.23 bits per heavy atom. The summed E-state index contributed by atoms with van der Waals surface area (Å²) >= 11 is 0. The van der Waals surface area contributed by atoms with Crippen LogP contribution in [-0.2, 0) is 5.54 Å². The van der Waals surface area contributed by atoms with E-state index in [1.54, 1.807) is 0 Å². The molecule has 0 bridgehead atoms. The maximum absolute atomic E-state index is 14.5. The van der Waals surface area contributed by atoms with Gasteiger partial charge in [0.15, 0.2) is 23.0 Å². The quantitative estimate of drug-likeness (QED) is 0.446. The van der Waals surface area contributed by atoms with Crippen molar-refractivity contribution in [2.75, 3.05) is 37.4 Å². The first-order valence-corrected chi connectivity index (χ1v) is 11.7. The molecule has 186 valence electrons. The monoisotopic (exact) mass is 482 g/mol. The number of aryl methyl sites for hydroxylation is 1. The number of methoxy groups -OCH3 is 1. The Hall–Kier alpha value is -3.47. The number of aliphatic hydroxyl groups excluding tert-OH is 1. The van der Waals surface area contributed by atoms with Crippen LogP contribution in [0.15, 0.2) is 18.3 Å². The Labute approximate surface area is 202 Å². The molecule has 0 spiro atoms. The van der Waals surface area contributed by atoms with Crippen molar-refractivity contribution in [1.82, 2.24) is 29.4 Å². The van der Waals surface area contributed by atoms with Gasteiger partial charge < -0.3 is 20.5 Å². The molecule has 0 aliphatic carbocycles. The summed E-state index contributed by atoms with van der Waals surface area (Å²) in [6, 6.07) is 2.89. The highest BCUT2D eigenvalue weighted by Crippen LogP contribution is 2.35. The van der Waals surface area contributed by atoms with E-state index in [0.717, 1.165) is 24.3 Å². The number of benzene rings is 1. The van der Waals surface area contributed by atoms with E-state index in [9.17, 15) is 9.50 Å². The van der Waals surface area contributed by atoms with Gasteiger partial charge in [-0.2, -0.15) is 9.61 Å². The maximum atomic E-state index is 14.5. The van der Waals surface area contributed by atoms with Crippen LogP contribution in [-0.4, -0.2) is 61.3 Å². The lowest BCUT2D eigenvalue weighted by molar-refractivity contribution is 0.152. The van der Waals surface area contributed by atoms with E-state index in [2.05, 4.69) is 27.0 Å². The Bertz CT molecular complexity index is 1410. The fourth-order valence-corrected chi connectivity index (χ4v) is 4.86. The molecule has 0 saturated carbocycles. The number of nitrogens with zero attached hydrogens (tertiary/aromatic N) is 7. The number of nitrogens with two attached hydrogens (primary N) is 1. The number of halogens is 1. The highest BCUT2D eigenvalue weighted by molar-refractivity contribution is 5.93. The number of fused-ring (bicyclic) bond motifs is 3. The van der Waals surface area contributed by atoms with Crippen LogP contribution in [0.4, 0.5) is 16.0 Å². The van der Waals surface area contributed by atoms with E-state index in [-0.39, 0.29) is 24.2 Å². The zero-order valence-electron chi connectivity index (χ0n) is 20.7. The number of anilines is 2. The van der Waals surface area contributed by atoms with Crippen molar-refractivity contribution >= 4 is 28.2 Å². The van der Waals surface area contributed by atoms with Crippen LogP contribution in [0.3, 0.4) is 0 Å². The zero-order valence-corrected chi connectivity index (χ0v) is 20.7. The number of hydrogen-bond donors (Lipinski definition) is 2. The lowest BCUT2D eigenvalue weighted by Gasteiger charge is -2.36. The fraction of sp³-hybridized carbons (Fsp3) is 0.500. The molecular formula is C24H31FN8O2. The second-order valence-electron chi connectivity index (χ2n) is 10.1. The van der Waals surface area contributed by atoms with E-state index in [0.29, 0.717) is 34.8 Å². The Kier molecular flexibility index (Phi) is 5.54. The third kappa shape index (κ3) is 3.93. The van der Waals surface area contributed by atoms with Gasteiger partial charge in [0.2, 0.25) is 5.95 Å². The fourth-order valence-electron chi connectivity index (χ4n) is 4.86. The van der Waals surface area contributed by atoms with E-state index in [4.69, 9.17) is 15.5 Å². The molecule has 0 radical (unpaired) electrons. The molecule has 4 heterocycles. The van der Waals surface area contributed by atoms with E-state index in [1.807, 2.05) is 31.6 Å². The molecule has 1 saturated heterocycles. The molecule has 5 rings (SSSR count). The topological polar surface area (TPSA) is 120 Å². The van der Waals surface area contributed by atoms with Gasteiger partial charge in [0.25, 0.3) is 0 Å². The Morgan fingerprint density at radius 2 is 2.00 bits per heavy atom. The van der Waals surface area contributed by atoms with Crippen LogP contribution in [0.25, 0.3) is 16.6 Å². The average Bonchev–Trinajstić information content (AvgIpc) is 3.44. The second-order valence-corrected chi connectivity index (χ2v) is 10.1. The lowest BCUT2D eigenvalue weighted by Crippen LogP contribution is -2.39. The number of piperidine rings is 1. The van der Waals surface area contributed by atoms with Crippen LogP contribution in [0, 0.1) is 18.7 Å². The van der Waals surface area contributed by atoms with Gasteiger partial charge in [-0.25, -0.2) is 14.4 Å². The predicted octanol–water partition coefficient (Wildman–Crippen LogP) is 2.87. The average molecular weight is 483 g/mol. The van der Waals surface area contributed by atoms with Crippen molar-refractivity contribution < 1.29 is 14.2 Å². The minimum absolute atomic E-state index is 0.00631. The molecule has 10 nitrogen and oxygen atoms in total. The Balaban J connectivity index is 1.53. The van der Waals surface area contributed by atoms with Crippen LogP contribution in [0.5, 0.6) is 5.75 Å². The molecule has 2 atom stereocenters. The van der Waals surface area contributed by atoms with Gasteiger partial charge in [-0.3, -0.25) is 4.68 Å². The van der Waals surface area contributed by atoms with Gasteiger partial charge >= 0.3 is 0 Å². The molecule has 1 aromatic carbocycles. The number of aliphatic hydroxyl groups is 1. The summed E-state index contributed by atoms with van der Waals surface area (Å²) < 4.78 is 22.9. The molecule has 11 heteroatoms. The van der Waals surface area contributed by atoms with Gasteiger partial charge in [0, 0.05) is 36.7 Å². The van der Waals surface area contributed by atoms with Crippen molar-refractivity contribution in [3.63, 3.8) is 0 Å². The number of ether oxygens (including phenoxy) is 1. The predicted molar refractivity (Wildman–Crippen MR) is 131 cm³/mol. The van der Waals surface area contributed by atoms with Crippen LogP contribution < -0.4 is 15.4 Å². The molecular weight excluding hydrogens is 451 g/mol. The molecule has 0 unspecified atom stereocenters. The van der Waals surface area contributed by atoms with Gasteiger partial charge in [-0.1, -0.05) is 6.92 Å². The van der Waals surface area contributed by atoms with E-state index in [1.165, 1.54) is 23.8 Å². The van der Waals surface area contributed by atoms with Crippen LogP contribution >= 0.6 is 0 Å². The third-order valence-electron chi connectivity index (χ3n) is 6.83. The van der Waals surface area contributed by atoms with Crippen molar-refractivity contribution in [3.8, 4) is 5.75 Å². The van der Waals surface area contributed by atoms with Crippen molar-refractivity contribution in [1.29, 1.82) is 0 Å². The first-order valence-electron chi connectivity index (χ1n) is 11.7. The summed E-state index contributed by atoms with van der Waals surface area (Å²) in [7, 11) is 1.41. The highest BCUT2D eigenvalue weighted by Gasteiger charge is 2.32. The molecule has 0 amide bonds. The van der Waals surface area contributed by atoms with Crippen LogP contribution in [0.1, 0.15) is 44.6 Å². The summed E-state index contributed by atoms with van der Waals surface area (Å²) in [6.07, 6.45) is 2.92. The lowest BCUT2D eigenvalue weighted by atomic mass is 9.89. The van der Waals surface area contributed by atoms with Gasteiger partial charge in [0.05, 0.1) is 36.2 Å². The first-order chi connectivity index (χ1) is 16.6. The van der Waals surface area contributed by atoms with Crippen LogP contribution in [0.2, 0.25) is 0 Å². The number of rotatable bonds is 5. The number of hydrogen-bond acceptors (Lipinski definition) is 8. The Morgan fingerprint density at radius 3 is 2.71 bits per heavy atom. The van der Waals surface area contributed by atoms with E-state index >= 15 is 0 Å². The molecule has 1 fully saturated rings. The summed E-state index contributed by atoms with van der Waals surface area (Å²) in [4.78, 5) is 11.5. The van der Waals surface area contributed by atoms with Gasteiger partial charge in [-0.05, 0) is 39.2 Å². The zero-order chi connectivity index (χ0) is 25.1. The van der Waals surface area contributed by atoms with Crippen molar-refractivity contribution in [3.05, 3.63) is 35.7 Å². The SMILES string of the molecule is COc1cc2nc(N)n3nc([C@H]4C[C@@H](C)CN(c5cn(C(C)(C)CO)nc5C)C4)nc3c2cc1F. The van der Waals surface area contributed by atoms with Crippen molar-refractivity contribution in [2.24, 2.45) is 5.92 Å². The second kappa shape index (κ2) is 8.33. The largest absolute Gasteiger partial charge is 0.494 e. The summed E-state index contributed by atoms with van der Waals surface area (Å²) in [6.45, 7) is 9.68. The minimum Gasteiger partial charge on any atom is -0.494 e. The minimum atomic E-state index is -0.492. The maximum Gasteiger partial charge on any atom is 0.223 e. The number of nitrogen functional groups attached to an aromatic ring is 1. The summed E-state index contributed by atoms with van der Waals surface area (Å²) in [5, 5.41) is 19.6. The molecule has 4 aromatic rings. The molecule has 35 heavy (non-hydrogen) atoms. The smallest absolute Gasteiger partial charge is 0.223 e. The summed E-state index contributed by atoms with van der Waals surface area (Å²) in [5.74, 6) is 0.885. The number of aromatic nitrogens is 6. The molecule has 3 aromatic heterocycles. The normalized spacial score (nSPS) is 19.1. The third-order valence-corrected chi connectivity index (χ3v) is 6.83. The highest BCUT2D eigenvalue weighted by atomic mass is 19.1. The molecule has 3 N–H and O–H groups in total. The molecule has 1 aliphatic rings. The molecule has 1 aliphatic heterocycles.